The first-order valence-corrected chi connectivity index (χ1v) is 8.46. The summed E-state index contributed by atoms with van der Waals surface area (Å²) >= 11 is 5.03. The van der Waals surface area contributed by atoms with Gasteiger partial charge in [0.25, 0.3) is 5.91 Å². The van der Waals surface area contributed by atoms with Crippen molar-refractivity contribution in [2.24, 2.45) is 0 Å². The van der Waals surface area contributed by atoms with Crippen LogP contribution >= 0.6 is 24.4 Å². The van der Waals surface area contributed by atoms with Crippen LogP contribution in [0, 0.1) is 0 Å². The predicted molar refractivity (Wildman–Crippen MR) is 92.9 cm³/mol. The van der Waals surface area contributed by atoms with Gasteiger partial charge in [-0.05, 0) is 5.56 Å². The molecule has 1 fully saturated rings. The molecule has 134 valence electrons. The van der Waals surface area contributed by atoms with E-state index in [1.165, 1.54) is 12.1 Å². The van der Waals surface area contributed by atoms with Gasteiger partial charge in [-0.1, -0.05) is 48.7 Å². The minimum atomic E-state index is -4.71. The highest BCUT2D eigenvalue weighted by Gasteiger charge is 2.42. The van der Waals surface area contributed by atoms with Gasteiger partial charge in [-0.25, -0.2) is 0 Å². The van der Waals surface area contributed by atoms with Gasteiger partial charge in [-0.3, -0.25) is 9.59 Å². The molecule has 1 saturated heterocycles. The number of allylic oxidation sites excluding steroid dienone is 2. The van der Waals surface area contributed by atoms with Crippen molar-refractivity contribution in [2.75, 3.05) is 6.54 Å². The van der Waals surface area contributed by atoms with E-state index in [9.17, 15) is 22.8 Å². The van der Waals surface area contributed by atoms with E-state index in [1.54, 1.807) is 18.2 Å². The van der Waals surface area contributed by atoms with Crippen molar-refractivity contribution in [1.29, 1.82) is 0 Å². The molecule has 1 heterocycles. The van der Waals surface area contributed by atoms with E-state index in [4.69, 9.17) is 5.11 Å². The summed E-state index contributed by atoms with van der Waals surface area (Å²) < 4.78 is 39.0. The van der Waals surface area contributed by atoms with Gasteiger partial charge in [0.05, 0.1) is 16.9 Å². The summed E-state index contributed by atoms with van der Waals surface area (Å²) in [6.45, 7) is 2.98. The lowest BCUT2D eigenvalue weighted by molar-refractivity contribution is -0.137. The highest BCUT2D eigenvalue weighted by atomic mass is 32.2. The lowest BCUT2D eigenvalue weighted by atomic mass is 9.97. The molecule has 9 heteroatoms. The fourth-order valence-corrected chi connectivity index (χ4v) is 3.89. The van der Waals surface area contributed by atoms with Gasteiger partial charge in [0.1, 0.15) is 4.71 Å². The minimum Gasteiger partial charge on any atom is -0.481 e. The second kappa shape index (κ2) is 7.57. The van der Waals surface area contributed by atoms with Gasteiger partial charge >= 0.3 is 12.1 Å². The molecule has 0 aromatic heterocycles. The number of aliphatic carboxylic acids is 1. The van der Waals surface area contributed by atoms with Crippen molar-refractivity contribution in [3.05, 3.63) is 53.0 Å². The lowest BCUT2D eigenvalue weighted by Crippen LogP contribution is -2.32. The number of hydrogen-bond donors (Lipinski definition) is 2. The van der Waals surface area contributed by atoms with E-state index in [-0.39, 0.29) is 29.0 Å². The summed E-state index contributed by atoms with van der Waals surface area (Å²) in [4.78, 5) is 24.3. The predicted octanol–water partition coefficient (Wildman–Crippen LogP) is 3.78. The van der Waals surface area contributed by atoms with Crippen molar-refractivity contribution in [3.63, 3.8) is 0 Å². The lowest BCUT2D eigenvalue weighted by Gasteiger charge is -2.18. The van der Waals surface area contributed by atoms with E-state index in [1.807, 2.05) is 0 Å². The molecular weight excluding hydrogens is 375 g/mol. The second-order valence-corrected chi connectivity index (χ2v) is 7.06. The Labute approximate surface area is 151 Å². The molecule has 2 rings (SSSR count). The molecule has 25 heavy (non-hydrogen) atoms. The zero-order valence-corrected chi connectivity index (χ0v) is 14.5. The zero-order chi connectivity index (χ0) is 18.8. The largest absolute Gasteiger partial charge is 0.481 e. The van der Waals surface area contributed by atoms with E-state index >= 15 is 0 Å². The van der Waals surface area contributed by atoms with Crippen LogP contribution in [0.15, 0.2) is 47.4 Å². The molecule has 0 radical (unpaired) electrons. The number of alkyl halides is 3. The number of carbonyl (C=O) groups excluding carboxylic acids is 1. The van der Waals surface area contributed by atoms with Crippen LogP contribution in [0.25, 0.3) is 5.57 Å². The number of carboxylic acid groups (broad SMARTS) is 1. The number of nitrogens with zero attached hydrogens (tertiary/aromatic N) is 1. The van der Waals surface area contributed by atoms with Crippen molar-refractivity contribution in [1.82, 2.24) is 4.90 Å². The van der Waals surface area contributed by atoms with Crippen LogP contribution in [0.2, 0.25) is 0 Å². The quantitative estimate of drug-likeness (QED) is 0.594. The molecule has 1 atom stereocenters. The molecule has 1 amide bonds. The highest BCUT2D eigenvalue weighted by molar-refractivity contribution is 8.14. The second-order valence-electron chi connectivity index (χ2n) is 5.13. The Bertz CT molecular complexity index is 732. The summed E-state index contributed by atoms with van der Waals surface area (Å²) in [5.74, 6) is -1.80. The molecule has 0 spiro atoms. The number of benzene rings is 1. The van der Waals surface area contributed by atoms with E-state index < -0.39 is 28.3 Å². The van der Waals surface area contributed by atoms with Crippen LogP contribution < -0.4 is 0 Å². The number of thioether (sulfide) groups is 1. The topological polar surface area (TPSA) is 57.6 Å². The number of hydrogen-bond acceptors (Lipinski definition) is 4. The Morgan fingerprint density at radius 1 is 1.32 bits per heavy atom. The monoisotopic (exact) mass is 389 g/mol. The summed E-state index contributed by atoms with van der Waals surface area (Å²) in [6, 6.07) is 7.68. The van der Waals surface area contributed by atoms with E-state index in [2.05, 4.69) is 19.2 Å². The Morgan fingerprint density at radius 3 is 2.44 bits per heavy atom. The molecule has 1 aromatic carbocycles. The third-order valence-corrected chi connectivity index (χ3v) is 5.12. The van der Waals surface area contributed by atoms with Crippen molar-refractivity contribution in [3.8, 4) is 0 Å². The average molecular weight is 389 g/mol. The van der Waals surface area contributed by atoms with Gasteiger partial charge in [0, 0.05) is 12.1 Å². The Balaban J connectivity index is 2.50. The van der Waals surface area contributed by atoms with Crippen LogP contribution in [0.5, 0.6) is 0 Å². The van der Waals surface area contributed by atoms with Crippen LogP contribution in [-0.4, -0.2) is 39.3 Å². The fourth-order valence-electron chi connectivity index (χ4n) is 2.23. The number of thiol groups is 1. The first-order chi connectivity index (χ1) is 11.6. The summed E-state index contributed by atoms with van der Waals surface area (Å²) in [5.41, 5.74) is -1.23. The zero-order valence-electron chi connectivity index (χ0n) is 12.8. The molecule has 1 unspecified atom stereocenters. The van der Waals surface area contributed by atoms with Crippen LogP contribution in [0.1, 0.15) is 12.0 Å². The minimum absolute atomic E-state index is 0.139. The number of amides is 1. The Hall–Kier alpha value is -1.87. The molecule has 0 bridgehead atoms. The van der Waals surface area contributed by atoms with Gasteiger partial charge in [-0.2, -0.15) is 13.2 Å². The Kier molecular flexibility index (Phi) is 5.89. The molecule has 1 aromatic rings. The molecule has 1 N–H and O–H groups in total. The summed E-state index contributed by atoms with van der Waals surface area (Å²) in [7, 11) is 0. The Morgan fingerprint density at radius 2 is 1.92 bits per heavy atom. The average Bonchev–Trinajstić information content (AvgIpc) is 2.80. The normalized spacial score (nSPS) is 19.9. The SMILES string of the molecule is C=C(/C(=C1\SC(S)N(CCC(=O)O)C1=O)c1ccccc1)C(F)(F)F. The van der Waals surface area contributed by atoms with Crippen LogP contribution in [-0.2, 0) is 9.59 Å². The number of rotatable bonds is 5. The number of carboxylic acids is 1. The highest BCUT2D eigenvalue weighted by Crippen LogP contribution is 2.46. The third-order valence-electron chi connectivity index (χ3n) is 3.45. The molecule has 0 aliphatic carbocycles. The van der Waals surface area contributed by atoms with Crippen molar-refractivity contribution in [2.45, 2.75) is 17.3 Å². The van der Waals surface area contributed by atoms with Crippen LogP contribution in [0.3, 0.4) is 0 Å². The van der Waals surface area contributed by atoms with E-state index in [0.717, 1.165) is 16.7 Å². The smallest absolute Gasteiger partial charge is 0.416 e. The summed E-state index contributed by atoms with van der Waals surface area (Å²) in [6.07, 6.45) is -5.03. The third kappa shape index (κ3) is 4.40. The van der Waals surface area contributed by atoms with Gasteiger partial charge in [-0.15, -0.1) is 12.6 Å². The van der Waals surface area contributed by atoms with Gasteiger partial charge in [0.15, 0.2) is 0 Å². The van der Waals surface area contributed by atoms with Crippen molar-refractivity contribution < 1.29 is 27.9 Å². The number of carbonyl (C=O) groups is 2. The molecule has 1 aliphatic rings. The van der Waals surface area contributed by atoms with Crippen molar-refractivity contribution >= 4 is 41.8 Å². The van der Waals surface area contributed by atoms with Crippen LogP contribution in [0.4, 0.5) is 13.2 Å². The molecule has 1 aliphatic heterocycles. The number of halogens is 3. The molecule has 4 nitrogen and oxygen atoms in total. The maximum absolute atomic E-state index is 13.2. The maximum Gasteiger partial charge on any atom is 0.416 e. The standard InChI is InChI=1S/C16H14F3NO3S2/c1-9(16(17,18)19)12(10-5-3-2-4-6-10)13-14(23)20(15(24)25-13)8-7-11(21)22/h2-6,15,24H,1,7-8H2,(H,21,22)/b13-12+. The van der Waals surface area contributed by atoms with Gasteiger partial charge < -0.3 is 10.0 Å². The fraction of sp³-hybridized carbons (Fsp3) is 0.250. The summed E-state index contributed by atoms with van der Waals surface area (Å²) in [5, 5.41) is 8.75. The first-order valence-electron chi connectivity index (χ1n) is 7.06. The van der Waals surface area contributed by atoms with E-state index in [0.29, 0.717) is 0 Å². The molecule has 0 saturated carbocycles. The maximum atomic E-state index is 13.2. The van der Waals surface area contributed by atoms with Gasteiger partial charge in [0.2, 0.25) is 0 Å². The first kappa shape index (κ1) is 19.5. The molecular formula is C16H14F3NO3S2.